The quantitative estimate of drug-likeness (QED) is 0.815. The fourth-order valence-corrected chi connectivity index (χ4v) is 3.52. The van der Waals surface area contributed by atoms with Crippen molar-refractivity contribution in [3.8, 4) is 0 Å². The summed E-state index contributed by atoms with van der Waals surface area (Å²) in [7, 11) is 2.08. The highest BCUT2D eigenvalue weighted by Crippen LogP contribution is 2.22. The molecular weight excluding hydrogens is 338 g/mol. The van der Waals surface area contributed by atoms with Crippen LogP contribution in [0.2, 0.25) is 5.02 Å². The average molecular weight is 362 g/mol. The van der Waals surface area contributed by atoms with Gasteiger partial charge in [0, 0.05) is 36.6 Å². The van der Waals surface area contributed by atoms with Gasteiger partial charge in [0.15, 0.2) is 5.76 Å². The molecule has 1 aliphatic heterocycles. The molecule has 1 aliphatic rings. The van der Waals surface area contributed by atoms with Crippen LogP contribution in [0.4, 0.5) is 0 Å². The third-order valence-corrected chi connectivity index (χ3v) is 5.17. The minimum Gasteiger partial charge on any atom is -0.360 e. The Labute approximate surface area is 153 Å². The summed E-state index contributed by atoms with van der Waals surface area (Å²) < 4.78 is 5.31. The van der Waals surface area contributed by atoms with Gasteiger partial charge in [0.25, 0.3) is 0 Å². The number of amides is 1. The third-order valence-electron chi connectivity index (χ3n) is 4.80. The zero-order valence-electron chi connectivity index (χ0n) is 14.7. The normalized spacial score (nSPS) is 18.6. The molecule has 1 saturated heterocycles. The summed E-state index contributed by atoms with van der Waals surface area (Å²) >= 11 is 6.24. The smallest absolute Gasteiger partial charge is 0.222 e. The molecule has 0 N–H and O–H groups in total. The zero-order chi connectivity index (χ0) is 17.8. The highest BCUT2D eigenvalue weighted by atomic mass is 35.5. The second-order valence-electron chi connectivity index (χ2n) is 6.74. The van der Waals surface area contributed by atoms with Crippen molar-refractivity contribution in [2.75, 3.05) is 13.6 Å². The Morgan fingerprint density at radius 1 is 1.36 bits per heavy atom. The Kier molecular flexibility index (Phi) is 5.76. The van der Waals surface area contributed by atoms with Crippen molar-refractivity contribution in [2.45, 2.75) is 45.3 Å². The van der Waals surface area contributed by atoms with E-state index < -0.39 is 0 Å². The maximum absolute atomic E-state index is 12.5. The summed E-state index contributed by atoms with van der Waals surface area (Å²) in [5, 5.41) is 4.65. The number of rotatable bonds is 5. The minimum atomic E-state index is 0.200. The predicted molar refractivity (Wildman–Crippen MR) is 97.2 cm³/mol. The lowest BCUT2D eigenvalue weighted by Crippen LogP contribution is -2.33. The molecule has 1 atom stereocenters. The SMILES string of the molecule is Cc1cc(CN(C)C2CCC(=O)N(Cc3ccccc3Cl)CC2)on1. The van der Waals surface area contributed by atoms with Crippen LogP contribution in [0.3, 0.4) is 0 Å². The second-order valence-corrected chi connectivity index (χ2v) is 7.14. The number of carbonyl (C=O) groups is 1. The molecule has 0 radical (unpaired) electrons. The Morgan fingerprint density at radius 2 is 2.16 bits per heavy atom. The molecule has 1 amide bonds. The molecule has 0 aliphatic carbocycles. The lowest BCUT2D eigenvalue weighted by atomic mass is 10.1. The number of aryl methyl sites for hydroxylation is 1. The molecule has 0 spiro atoms. The van der Waals surface area contributed by atoms with Crippen molar-refractivity contribution >= 4 is 17.5 Å². The van der Waals surface area contributed by atoms with Gasteiger partial charge in [0.1, 0.15) is 0 Å². The second kappa shape index (κ2) is 8.02. The molecule has 0 saturated carbocycles. The molecular formula is C19H24ClN3O2. The Balaban J connectivity index is 1.60. The van der Waals surface area contributed by atoms with Crippen molar-refractivity contribution < 1.29 is 9.32 Å². The summed E-state index contributed by atoms with van der Waals surface area (Å²) in [5.41, 5.74) is 1.90. The zero-order valence-corrected chi connectivity index (χ0v) is 15.5. The molecule has 1 fully saturated rings. The van der Waals surface area contributed by atoms with Gasteiger partial charge < -0.3 is 9.42 Å². The van der Waals surface area contributed by atoms with Crippen molar-refractivity contribution in [2.24, 2.45) is 0 Å². The highest BCUT2D eigenvalue weighted by Gasteiger charge is 2.25. The lowest BCUT2D eigenvalue weighted by Gasteiger charge is -2.26. The van der Waals surface area contributed by atoms with Crippen LogP contribution in [0.25, 0.3) is 0 Å². The highest BCUT2D eigenvalue weighted by molar-refractivity contribution is 6.31. The molecule has 0 bridgehead atoms. The van der Waals surface area contributed by atoms with E-state index in [1.165, 1.54) is 0 Å². The molecule has 6 heteroatoms. The van der Waals surface area contributed by atoms with Gasteiger partial charge in [0.2, 0.25) is 5.91 Å². The van der Waals surface area contributed by atoms with Crippen molar-refractivity contribution in [1.82, 2.24) is 15.0 Å². The fourth-order valence-electron chi connectivity index (χ4n) is 3.33. The standard InChI is InChI=1S/C19H24ClN3O2/c1-14-11-17(25-21-14)13-22(2)16-7-8-19(24)23(10-9-16)12-15-5-3-4-6-18(15)20/h3-6,11,16H,7-10,12-13H2,1-2H3. The van der Waals surface area contributed by atoms with E-state index in [4.69, 9.17) is 16.1 Å². The first-order chi connectivity index (χ1) is 12.0. The van der Waals surface area contributed by atoms with Gasteiger partial charge in [-0.2, -0.15) is 0 Å². The van der Waals surface area contributed by atoms with Crippen LogP contribution in [-0.2, 0) is 17.9 Å². The van der Waals surface area contributed by atoms with E-state index >= 15 is 0 Å². The van der Waals surface area contributed by atoms with E-state index in [2.05, 4.69) is 17.1 Å². The van der Waals surface area contributed by atoms with Crippen LogP contribution >= 0.6 is 11.6 Å². The van der Waals surface area contributed by atoms with Gasteiger partial charge in [-0.25, -0.2) is 0 Å². The molecule has 3 rings (SSSR count). The molecule has 2 heterocycles. The number of likely N-dealkylation sites (tertiary alicyclic amines) is 1. The van der Waals surface area contributed by atoms with Gasteiger partial charge in [-0.15, -0.1) is 0 Å². The Morgan fingerprint density at radius 3 is 2.88 bits per heavy atom. The van der Waals surface area contributed by atoms with Gasteiger partial charge >= 0.3 is 0 Å². The largest absolute Gasteiger partial charge is 0.360 e. The van der Waals surface area contributed by atoms with Gasteiger partial charge in [-0.05, 0) is 38.4 Å². The third kappa shape index (κ3) is 4.61. The molecule has 1 unspecified atom stereocenters. The van der Waals surface area contributed by atoms with E-state index in [9.17, 15) is 4.79 Å². The van der Waals surface area contributed by atoms with Crippen molar-refractivity contribution in [3.05, 3.63) is 52.4 Å². The first-order valence-electron chi connectivity index (χ1n) is 8.66. The monoisotopic (exact) mass is 361 g/mol. The van der Waals surface area contributed by atoms with E-state index in [0.29, 0.717) is 30.6 Å². The number of nitrogens with zero attached hydrogens (tertiary/aromatic N) is 3. The van der Waals surface area contributed by atoms with Crippen LogP contribution in [0.1, 0.15) is 36.3 Å². The van der Waals surface area contributed by atoms with Crippen LogP contribution in [-0.4, -0.2) is 40.5 Å². The van der Waals surface area contributed by atoms with E-state index in [1.807, 2.05) is 42.2 Å². The number of halogens is 1. The molecule has 1 aromatic heterocycles. The summed E-state index contributed by atoms with van der Waals surface area (Å²) in [5.74, 6) is 1.06. The molecule has 1 aromatic carbocycles. The van der Waals surface area contributed by atoms with Crippen LogP contribution in [0.5, 0.6) is 0 Å². The number of carbonyl (C=O) groups excluding carboxylic acids is 1. The van der Waals surface area contributed by atoms with Crippen molar-refractivity contribution in [1.29, 1.82) is 0 Å². The summed E-state index contributed by atoms with van der Waals surface area (Å²) in [4.78, 5) is 16.7. The maximum Gasteiger partial charge on any atom is 0.222 e. The first kappa shape index (κ1) is 18.0. The predicted octanol–water partition coefficient (Wildman–Crippen LogP) is 3.65. The number of hydrogen-bond acceptors (Lipinski definition) is 4. The molecule has 5 nitrogen and oxygen atoms in total. The minimum absolute atomic E-state index is 0.200. The van der Waals surface area contributed by atoms with Gasteiger partial charge in [-0.1, -0.05) is 35.0 Å². The van der Waals surface area contributed by atoms with Crippen LogP contribution in [0, 0.1) is 6.92 Å². The Bertz CT molecular complexity index is 731. The number of aromatic nitrogens is 1. The van der Waals surface area contributed by atoms with Crippen LogP contribution < -0.4 is 0 Å². The summed E-state index contributed by atoms with van der Waals surface area (Å²) in [6.45, 7) is 3.96. The maximum atomic E-state index is 12.5. The van der Waals surface area contributed by atoms with E-state index in [0.717, 1.165) is 36.4 Å². The topological polar surface area (TPSA) is 49.6 Å². The Hall–Kier alpha value is -1.85. The summed E-state index contributed by atoms with van der Waals surface area (Å²) in [6, 6.07) is 10.0. The lowest BCUT2D eigenvalue weighted by molar-refractivity contribution is -0.131. The van der Waals surface area contributed by atoms with Crippen LogP contribution in [0.15, 0.2) is 34.9 Å². The fraction of sp³-hybridized carbons (Fsp3) is 0.474. The van der Waals surface area contributed by atoms with E-state index in [-0.39, 0.29) is 5.91 Å². The average Bonchev–Trinajstić information content (AvgIpc) is 2.90. The number of hydrogen-bond donors (Lipinski definition) is 0. The molecule has 2 aromatic rings. The number of benzene rings is 1. The molecule has 134 valence electrons. The van der Waals surface area contributed by atoms with E-state index in [1.54, 1.807) is 0 Å². The summed E-state index contributed by atoms with van der Waals surface area (Å²) in [6.07, 6.45) is 2.37. The molecule has 25 heavy (non-hydrogen) atoms. The van der Waals surface area contributed by atoms with Crippen molar-refractivity contribution in [3.63, 3.8) is 0 Å². The first-order valence-corrected chi connectivity index (χ1v) is 9.04. The van der Waals surface area contributed by atoms with Gasteiger partial charge in [-0.3, -0.25) is 9.69 Å². The van der Waals surface area contributed by atoms with Gasteiger partial charge in [0.05, 0.1) is 12.2 Å².